The SMILES string of the molecule is CCC(O)CCc1cccc(CCC(O)CC)c1. The van der Waals surface area contributed by atoms with Gasteiger partial charge < -0.3 is 10.2 Å². The number of benzene rings is 1. The maximum Gasteiger partial charge on any atom is 0.0540 e. The summed E-state index contributed by atoms with van der Waals surface area (Å²) in [5.74, 6) is 0. The Morgan fingerprint density at radius 1 is 0.889 bits per heavy atom. The van der Waals surface area contributed by atoms with Gasteiger partial charge >= 0.3 is 0 Å². The molecule has 1 aromatic rings. The highest BCUT2D eigenvalue weighted by Crippen LogP contribution is 2.13. The molecule has 0 saturated heterocycles. The summed E-state index contributed by atoms with van der Waals surface area (Å²) >= 11 is 0. The van der Waals surface area contributed by atoms with Crippen LogP contribution in [0.4, 0.5) is 0 Å². The van der Waals surface area contributed by atoms with Gasteiger partial charge in [0.25, 0.3) is 0 Å². The molecule has 1 rings (SSSR count). The van der Waals surface area contributed by atoms with Crippen molar-refractivity contribution in [3.05, 3.63) is 35.4 Å². The number of hydrogen-bond acceptors (Lipinski definition) is 2. The Kier molecular flexibility index (Phi) is 6.99. The first-order valence-electron chi connectivity index (χ1n) is 7.09. The molecule has 0 heterocycles. The van der Waals surface area contributed by atoms with E-state index in [-0.39, 0.29) is 12.2 Å². The van der Waals surface area contributed by atoms with Crippen LogP contribution in [0.2, 0.25) is 0 Å². The summed E-state index contributed by atoms with van der Waals surface area (Å²) in [6, 6.07) is 8.50. The summed E-state index contributed by atoms with van der Waals surface area (Å²) in [5, 5.41) is 19.1. The Morgan fingerprint density at radius 2 is 1.33 bits per heavy atom. The molecule has 2 atom stereocenters. The van der Waals surface area contributed by atoms with Crippen molar-refractivity contribution in [1.29, 1.82) is 0 Å². The molecule has 18 heavy (non-hydrogen) atoms. The van der Waals surface area contributed by atoms with Gasteiger partial charge in [0.05, 0.1) is 12.2 Å². The van der Waals surface area contributed by atoms with E-state index in [9.17, 15) is 10.2 Å². The topological polar surface area (TPSA) is 40.5 Å². The van der Waals surface area contributed by atoms with Crippen LogP contribution >= 0.6 is 0 Å². The van der Waals surface area contributed by atoms with E-state index in [0.29, 0.717) is 0 Å². The van der Waals surface area contributed by atoms with Gasteiger partial charge in [0, 0.05) is 0 Å². The molecule has 0 bridgehead atoms. The van der Waals surface area contributed by atoms with E-state index in [1.807, 2.05) is 13.8 Å². The highest BCUT2D eigenvalue weighted by atomic mass is 16.3. The van der Waals surface area contributed by atoms with Gasteiger partial charge in [0.15, 0.2) is 0 Å². The van der Waals surface area contributed by atoms with Crippen LogP contribution in [0.25, 0.3) is 0 Å². The summed E-state index contributed by atoms with van der Waals surface area (Å²) in [4.78, 5) is 0. The minimum atomic E-state index is -0.185. The molecule has 0 fully saturated rings. The third-order valence-electron chi connectivity index (χ3n) is 3.47. The second-order valence-corrected chi connectivity index (χ2v) is 5.02. The first-order valence-corrected chi connectivity index (χ1v) is 7.09. The van der Waals surface area contributed by atoms with E-state index in [1.165, 1.54) is 11.1 Å². The number of hydrogen-bond donors (Lipinski definition) is 2. The van der Waals surface area contributed by atoms with Crippen LogP contribution in [0.1, 0.15) is 50.7 Å². The van der Waals surface area contributed by atoms with Gasteiger partial charge in [0.1, 0.15) is 0 Å². The van der Waals surface area contributed by atoms with Crippen LogP contribution in [0.5, 0.6) is 0 Å². The van der Waals surface area contributed by atoms with Crippen LogP contribution in [-0.4, -0.2) is 22.4 Å². The van der Waals surface area contributed by atoms with E-state index < -0.39 is 0 Å². The molecule has 2 nitrogen and oxygen atoms in total. The van der Waals surface area contributed by atoms with Crippen molar-refractivity contribution in [2.24, 2.45) is 0 Å². The van der Waals surface area contributed by atoms with Gasteiger partial charge in [-0.3, -0.25) is 0 Å². The molecule has 2 unspecified atom stereocenters. The van der Waals surface area contributed by atoms with Crippen molar-refractivity contribution in [3.8, 4) is 0 Å². The molecule has 0 aliphatic carbocycles. The molecule has 0 saturated carbocycles. The Balaban J connectivity index is 2.46. The second-order valence-electron chi connectivity index (χ2n) is 5.02. The van der Waals surface area contributed by atoms with Crippen molar-refractivity contribution in [2.75, 3.05) is 0 Å². The van der Waals surface area contributed by atoms with E-state index >= 15 is 0 Å². The van der Waals surface area contributed by atoms with Crippen molar-refractivity contribution in [2.45, 2.75) is 64.6 Å². The zero-order valence-corrected chi connectivity index (χ0v) is 11.6. The van der Waals surface area contributed by atoms with E-state index in [0.717, 1.165) is 38.5 Å². The Bertz CT molecular complexity index is 306. The number of rotatable bonds is 8. The molecule has 1 aromatic carbocycles. The number of aliphatic hydroxyl groups is 2. The van der Waals surface area contributed by atoms with Gasteiger partial charge in [-0.2, -0.15) is 0 Å². The van der Waals surface area contributed by atoms with E-state index in [1.54, 1.807) is 0 Å². The van der Waals surface area contributed by atoms with Crippen molar-refractivity contribution < 1.29 is 10.2 Å². The molecule has 0 spiro atoms. The second kappa shape index (κ2) is 8.28. The third kappa shape index (κ3) is 5.65. The van der Waals surface area contributed by atoms with Gasteiger partial charge in [-0.15, -0.1) is 0 Å². The molecule has 0 aliphatic rings. The predicted molar refractivity (Wildman–Crippen MR) is 75.7 cm³/mol. The van der Waals surface area contributed by atoms with Crippen molar-refractivity contribution >= 4 is 0 Å². The smallest absolute Gasteiger partial charge is 0.0540 e. The predicted octanol–water partition coefficient (Wildman–Crippen LogP) is 3.09. The molecule has 2 N–H and O–H groups in total. The minimum Gasteiger partial charge on any atom is -0.393 e. The van der Waals surface area contributed by atoms with Crippen molar-refractivity contribution in [3.63, 3.8) is 0 Å². The summed E-state index contributed by atoms with van der Waals surface area (Å²) in [5.41, 5.74) is 2.57. The lowest BCUT2D eigenvalue weighted by Crippen LogP contribution is -2.07. The van der Waals surface area contributed by atoms with E-state index in [2.05, 4.69) is 24.3 Å². The number of aryl methyl sites for hydroxylation is 2. The largest absolute Gasteiger partial charge is 0.393 e. The van der Waals surface area contributed by atoms with Crippen LogP contribution in [-0.2, 0) is 12.8 Å². The molecular weight excluding hydrogens is 224 g/mol. The maximum absolute atomic E-state index is 9.56. The Hall–Kier alpha value is -0.860. The molecule has 102 valence electrons. The van der Waals surface area contributed by atoms with Gasteiger partial charge in [-0.25, -0.2) is 0 Å². The fourth-order valence-electron chi connectivity index (χ4n) is 2.02. The average molecular weight is 250 g/mol. The highest BCUT2D eigenvalue weighted by Gasteiger charge is 2.04. The molecular formula is C16H26O2. The molecule has 0 aromatic heterocycles. The van der Waals surface area contributed by atoms with E-state index in [4.69, 9.17) is 0 Å². The van der Waals surface area contributed by atoms with Crippen LogP contribution in [0.15, 0.2) is 24.3 Å². The molecule has 2 heteroatoms. The lowest BCUT2D eigenvalue weighted by molar-refractivity contribution is 0.160. The summed E-state index contributed by atoms with van der Waals surface area (Å²) in [7, 11) is 0. The fraction of sp³-hybridized carbons (Fsp3) is 0.625. The standard InChI is InChI=1S/C16H26O2/c1-3-15(17)10-8-13-6-5-7-14(12-13)9-11-16(18)4-2/h5-7,12,15-18H,3-4,8-11H2,1-2H3. The van der Waals surface area contributed by atoms with Crippen LogP contribution in [0, 0.1) is 0 Å². The minimum absolute atomic E-state index is 0.185. The zero-order chi connectivity index (χ0) is 13.4. The highest BCUT2D eigenvalue weighted by molar-refractivity contribution is 5.23. The average Bonchev–Trinajstić information content (AvgIpc) is 2.42. The monoisotopic (exact) mass is 250 g/mol. The number of aliphatic hydroxyl groups excluding tert-OH is 2. The summed E-state index contributed by atoms with van der Waals surface area (Å²) in [6.45, 7) is 4.01. The summed E-state index contributed by atoms with van der Waals surface area (Å²) < 4.78 is 0. The van der Waals surface area contributed by atoms with Gasteiger partial charge in [0.2, 0.25) is 0 Å². The van der Waals surface area contributed by atoms with Crippen LogP contribution < -0.4 is 0 Å². The van der Waals surface area contributed by atoms with Crippen molar-refractivity contribution in [1.82, 2.24) is 0 Å². The normalized spacial score (nSPS) is 14.4. The quantitative estimate of drug-likeness (QED) is 0.744. The molecule has 0 aliphatic heterocycles. The lowest BCUT2D eigenvalue weighted by atomic mass is 10.00. The maximum atomic E-state index is 9.56. The Labute approximate surface area is 111 Å². The Morgan fingerprint density at radius 3 is 1.72 bits per heavy atom. The zero-order valence-electron chi connectivity index (χ0n) is 11.6. The van der Waals surface area contributed by atoms with Crippen LogP contribution in [0.3, 0.4) is 0 Å². The first kappa shape index (κ1) is 15.2. The lowest BCUT2D eigenvalue weighted by Gasteiger charge is -2.10. The molecule has 0 radical (unpaired) electrons. The van der Waals surface area contributed by atoms with Gasteiger partial charge in [-0.05, 0) is 49.7 Å². The van der Waals surface area contributed by atoms with Gasteiger partial charge in [-0.1, -0.05) is 38.1 Å². The summed E-state index contributed by atoms with van der Waals surface area (Å²) in [6.07, 6.45) is 4.80. The molecule has 0 amide bonds. The first-order chi connectivity index (χ1) is 8.65. The fourth-order valence-corrected chi connectivity index (χ4v) is 2.02. The third-order valence-corrected chi connectivity index (χ3v) is 3.47.